The summed E-state index contributed by atoms with van der Waals surface area (Å²) < 4.78 is 5.17. The summed E-state index contributed by atoms with van der Waals surface area (Å²) in [6, 6.07) is -3.61. The highest BCUT2D eigenvalue weighted by atomic mass is 16.6. The van der Waals surface area contributed by atoms with Gasteiger partial charge in [0.15, 0.2) is 0 Å². The number of amides is 5. The molecule has 0 bridgehead atoms. The molecule has 41 heavy (non-hydrogen) atoms. The second kappa shape index (κ2) is 16.3. The molecule has 0 spiro atoms. The number of ether oxygens (including phenoxy) is 1. The fourth-order valence-corrected chi connectivity index (χ4v) is 4.19. The van der Waals surface area contributed by atoms with Gasteiger partial charge in [-0.3, -0.25) is 24.0 Å². The summed E-state index contributed by atoms with van der Waals surface area (Å²) in [5, 5.41) is 7.66. The lowest BCUT2D eigenvalue weighted by Gasteiger charge is -2.35. The summed E-state index contributed by atoms with van der Waals surface area (Å²) in [6.07, 6.45) is 4.35. The van der Waals surface area contributed by atoms with Crippen LogP contribution in [0.25, 0.3) is 0 Å². The van der Waals surface area contributed by atoms with Crippen molar-refractivity contribution in [1.82, 2.24) is 20.9 Å². The molecule has 1 aliphatic carbocycles. The summed E-state index contributed by atoms with van der Waals surface area (Å²) in [5.74, 6) is -3.33. The maximum Gasteiger partial charge on any atom is 0.325 e. The third kappa shape index (κ3) is 13.4. The van der Waals surface area contributed by atoms with Gasteiger partial charge in [-0.15, -0.1) is 0 Å². The third-order valence-corrected chi connectivity index (χ3v) is 6.18. The van der Waals surface area contributed by atoms with Crippen LogP contribution >= 0.6 is 0 Å². The number of esters is 1. The first-order valence-electron chi connectivity index (χ1n) is 14.1. The zero-order valence-electron chi connectivity index (χ0n) is 25.3. The van der Waals surface area contributed by atoms with Crippen LogP contribution in [0, 0.1) is 11.3 Å². The van der Waals surface area contributed by atoms with Gasteiger partial charge in [-0.25, -0.2) is 4.79 Å². The molecule has 0 aromatic rings. The maximum absolute atomic E-state index is 13.6. The molecule has 0 radical (unpaired) electrons. The number of carbonyl (C=O) groups excluding carboxylic acids is 6. The number of nitrogens with one attached hydrogen (secondary N) is 3. The largest absolute Gasteiger partial charge is 0.459 e. The van der Waals surface area contributed by atoms with E-state index in [9.17, 15) is 28.8 Å². The first-order chi connectivity index (χ1) is 18.4. The fraction of sp³-hybridized carbons (Fsp3) is 0.793. The molecule has 1 heterocycles. The van der Waals surface area contributed by atoms with E-state index in [1.165, 1.54) is 11.3 Å². The Bertz CT molecular complexity index is 935. The SMILES string of the molecule is C.CC(C)(C)OC(=O)CNC(=O)NC(C(=O)N1CCCC1C(=O)NC(CC1CC1)C(=O)C(N)=O)C(C)(C)C.CCC. The summed E-state index contributed by atoms with van der Waals surface area (Å²) >= 11 is 0. The van der Waals surface area contributed by atoms with Gasteiger partial charge in [-0.05, 0) is 51.4 Å². The predicted octanol–water partition coefficient (Wildman–Crippen LogP) is 2.42. The molecule has 3 unspecified atom stereocenters. The van der Waals surface area contributed by atoms with Gasteiger partial charge >= 0.3 is 12.0 Å². The minimum Gasteiger partial charge on any atom is -0.459 e. The molecule has 0 aromatic carbocycles. The minimum atomic E-state index is -1.11. The van der Waals surface area contributed by atoms with E-state index >= 15 is 0 Å². The molecule has 236 valence electrons. The van der Waals surface area contributed by atoms with Gasteiger partial charge < -0.3 is 31.3 Å². The number of hydrogen-bond acceptors (Lipinski definition) is 7. The zero-order valence-corrected chi connectivity index (χ0v) is 25.3. The van der Waals surface area contributed by atoms with E-state index in [0.717, 1.165) is 12.8 Å². The van der Waals surface area contributed by atoms with Gasteiger partial charge in [0.25, 0.3) is 5.91 Å². The van der Waals surface area contributed by atoms with Gasteiger partial charge in [0.1, 0.15) is 24.2 Å². The van der Waals surface area contributed by atoms with Crippen molar-refractivity contribution >= 4 is 35.5 Å². The van der Waals surface area contributed by atoms with Crippen LogP contribution in [0.3, 0.4) is 0 Å². The predicted molar refractivity (Wildman–Crippen MR) is 157 cm³/mol. The van der Waals surface area contributed by atoms with E-state index in [-0.39, 0.29) is 19.9 Å². The van der Waals surface area contributed by atoms with Gasteiger partial charge in [-0.1, -0.05) is 61.3 Å². The number of urea groups is 1. The van der Waals surface area contributed by atoms with Crippen LogP contribution < -0.4 is 21.7 Å². The highest BCUT2D eigenvalue weighted by Crippen LogP contribution is 2.34. The van der Waals surface area contributed by atoms with Crippen LogP contribution in [-0.4, -0.2) is 77.2 Å². The first kappa shape index (κ1) is 37.8. The van der Waals surface area contributed by atoms with Crippen LogP contribution in [-0.2, 0) is 28.7 Å². The molecular weight excluding hydrogens is 530 g/mol. The lowest BCUT2D eigenvalue weighted by atomic mass is 9.85. The van der Waals surface area contributed by atoms with Crippen molar-refractivity contribution in [2.75, 3.05) is 13.1 Å². The Morgan fingerprint density at radius 2 is 1.51 bits per heavy atom. The van der Waals surface area contributed by atoms with Crippen molar-refractivity contribution in [3.05, 3.63) is 0 Å². The maximum atomic E-state index is 13.6. The molecule has 0 aromatic heterocycles. The van der Waals surface area contributed by atoms with Crippen LogP contribution in [0.1, 0.15) is 101 Å². The molecule has 1 saturated heterocycles. The number of ketones is 1. The highest BCUT2D eigenvalue weighted by Gasteiger charge is 2.43. The fourth-order valence-electron chi connectivity index (χ4n) is 4.19. The van der Waals surface area contributed by atoms with E-state index < -0.39 is 64.6 Å². The van der Waals surface area contributed by atoms with E-state index in [2.05, 4.69) is 29.8 Å². The molecule has 2 rings (SSSR count). The van der Waals surface area contributed by atoms with Crippen LogP contribution in [0.4, 0.5) is 4.79 Å². The molecular formula is C29H53N5O7. The topological polar surface area (TPSA) is 177 Å². The van der Waals surface area contributed by atoms with Crippen molar-refractivity contribution in [2.24, 2.45) is 17.1 Å². The van der Waals surface area contributed by atoms with Crippen molar-refractivity contribution in [3.63, 3.8) is 0 Å². The number of carbonyl (C=O) groups is 6. The number of nitrogens with two attached hydrogens (primary N) is 1. The normalized spacial score (nSPS) is 18.0. The number of rotatable bonds is 10. The zero-order chi connectivity index (χ0) is 30.8. The summed E-state index contributed by atoms with van der Waals surface area (Å²) in [7, 11) is 0. The lowest BCUT2D eigenvalue weighted by Crippen LogP contribution is -2.60. The Morgan fingerprint density at radius 3 is 1.98 bits per heavy atom. The molecule has 2 aliphatic rings. The van der Waals surface area contributed by atoms with Crippen molar-refractivity contribution in [3.8, 4) is 0 Å². The number of primary amides is 1. The van der Waals surface area contributed by atoms with E-state index in [1.807, 2.05) is 0 Å². The number of nitrogens with zero attached hydrogens (tertiary/aromatic N) is 1. The van der Waals surface area contributed by atoms with Crippen LogP contribution in [0.2, 0.25) is 0 Å². The van der Waals surface area contributed by atoms with E-state index in [0.29, 0.717) is 25.8 Å². The van der Waals surface area contributed by atoms with Crippen molar-refractivity contribution in [2.45, 2.75) is 125 Å². The molecule has 12 nitrogen and oxygen atoms in total. The number of hydrogen-bond donors (Lipinski definition) is 4. The molecule has 1 saturated carbocycles. The van der Waals surface area contributed by atoms with Gasteiger partial charge in [-0.2, -0.15) is 0 Å². The van der Waals surface area contributed by atoms with Crippen LogP contribution in [0.5, 0.6) is 0 Å². The quantitative estimate of drug-likeness (QED) is 0.225. The average Bonchev–Trinajstić information content (AvgIpc) is 3.49. The van der Waals surface area contributed by atoms with Gasteiger partial charge in [0, 0.05) is 6.54 Å². The Kier molecular flexibility index (Phi) is 15.0. The van der Waals surface area contributed by atoms with E-state index in [1.54, 1.807) is 41.5 Å². The minimum absolute atomic E-state index is 0. The molecule has 5 amide bonds. The Labute approximate surface area is 245 Å². The van der Waals surface area contributed by atoms with Gasteiger partial charge in [0.05, 0.1) is 6.04 Å². The summed E-state index contributed by atoms with van der Waals surface area (Å²) in [6.45, 7) is 14.6. The summed E-state index contributed by atoms with van der Waals surface area (Å²) in [4.78, 5) is 76.3. The smallest absolute Gasteiger partial charge is 0.325 e. The standard InChI is InChI=1S/C25H41N5O7.C3H8.CH4/c1-24(2,3)19(29-23(36)27-13-17(31)37-25(4,5)6)22(35)30-11-7-8-16(30)21(34)28-15(12-14-9-10-14)18(32)20(26)33;1-3-2;/h14-16,19H,7-13H2,1-6H3,(H2,26,33)(H,28,34)(H2,27,29,36);3H2,1-2H3;1H4. The Hall–Kier alpha value is -3.18. The molecule has 1 aliphatic heterocycles. The second-order valence-electron chi connectivity index (χ2n) is 12.6. The lowest BCUT2D eigenvalue weighted by molar-refractivity contribution is -0.153. The average molecular weight is 584 g/mol. The monoisotopic (exact) mass is 583 g/mol. The Morgan fingerprint density at radius 1 is 0.951 bits per heavy atom. The molecule has 3 atom stereocenters. The first-order valence-corrected chi connectivity index (χ1v) is 14.1. The summed E-state index contributed by atoms with van der Waals surface area (Å²) in [5.41, 5.74) is 3.74. The molecule has 2 fully saturated rings. The molecule has 5 N–H and O–H groups in total. The van der Waals surface area contributed by atoms with Crippen molar-refractivity contribution < 1.29 is 33.5 Å². The van der Waals surface area contributed by atoms with E-state index in [4.69, 9.17) is 10.5 Å². The van der Waals surface area contributed by atoms with Crippen LogP contribution in [0.15, 0.2) is 0 Å². The second-order valence-corrected chi connectivity index (χ2v) is 12.6. The molecule has 12 heteroatoms. The number of likely N-dealkylation sites (tertiary alicyclic amines) is 1. The highest BCUT2D eigenvalue weighted by molar-refractivity contribution is 6.37. The van der Waals surface area contributed by atoms with Crippen molar-refractivity contribution in [1.29, 1.82) is 0 Å². The Balaban J connectivity index is 0.00000382. The van der Waals surface area contributed by atoms with Gasteiger partial charge in [0.2, 0.25) is 17.6 Å². The third-order valence-electron chi connectivity index (χ3n) is 6.18. The number of Topliss-reactive ketones (excluding diaryl/α,β-unsaturated/α-hetero) is 1.